The fourth-order valence-electron chi connectivity index (χ4n) is 3.30. The fraction of sp³-hybridized carbons (Fsp3) is 0.0870. The van der Waals surface area contributed by atoms with Gasteiger partial charge < -0.3 is 0 Å². The quantitative estimate of drug-likeness (QED) is 0.547. The molecule has 0 aromatic heterocycles. The number of rotatable bonds is 5. The summed E-state index contributed by atoms with van der Waals surface area (Å²) in [4.78, 5) is 41.3. The molecule has 0 atom stereocenters. The third kappa shape index (κ3) is 3.84. The predicted octanol–water partition coefficient (Wildman–Crippen LogP) is 4.28. The SMILES string of the molecule is O=C1c2ccccc2C(=O)N1CN(C(=O)Cc1ccccc1)c1ccc(Br)cc1. The van der Waals surface area contributed by atoms with Crippen molar-refractivity contribution in [1.82, 2.24) is 4.90 Å². The number of hydrogen-bond donors (Lipinski definition) is 0. The number of benzene rings is 3. The minimum Gasteiger partial charge on any atom is -0.293 e. The molecule has 144 valence electrons. The lowest BCUT2D eigenvalue weighted by molar-refractivity contribution is -0.118. The van der Waals surface area contributed by atoms with Gasteiger partial charge in [0, 0.05) is 10.2 Å². The van der Waals surface area contributed by atoms with E-state index in [0.717, 1.165) is 14.9 Å². The highest BCUT2D eigenvalue weighted by Crippen LogP contribution is 2.25. The molecule has 1 heterocycles. The van der Waals surface area contributed by atoms with Gasteiger partial charge in [0.1, 0.15) is 6.67 Å². The van der Waals surface area contributed by atoms with E-state index < -0.39 is 0 Å². The maximum atomic E-state index is 13.1. The van der Waals surface area contributed by atoms with Crippen LogP contribution < -0.4 is 4.90 Å². The fourth-order valence-corrected chi connectivity index (χ4v) is 3.56. The second kappa shape index (κ2) is 8.01. The molecular formula is C23H17BrN2O3. The number of amides is 3. The molecule has 3 amide bonds. The first kappa shape index (κ1) is 19.1. The summed E-state index contributed by atoms with van der Waals surface area (Å²) in [6.07, 6.45) is 0.167. The molecular weight excluding hydrogens is 432 g/mol. The van der Waals surface area contributed by atoms with Crippen molar-refractivity contribution in [2.24, 2.45) is 0 Å². The molecule has 0 saturated heterocycles. The predicted molar refractivity (Wildman–Crippen MR) is 114 cm³/mol. The molecule has 3 aromatic carbocycles. The van der Waals surface area contributed by atoms with Crippen LogP contribution in [-0.2, 0) is 11.2 Å². The molecule has 0 spiro atoms. The molecule has 29 heavy (non-hydrogen) atoms. The van der Waals surface area contributed by atoms with E-state index in [1.807, 2.05) is 42.5 Å². The van der Waals surface area contributed by atoms with Gasteiger partial charge in [0.2, 0.25) is 5.91 Å². The van der Waals surface area contributed by atoms with Gasteiger partial charge in [-0.3, -0.25) is 24.2 Å². The summed E-state index contributed by atoms with van der Waals surface area (Å²) >= 11 is 3.39. The maximum Gasteiger partial charge on any atom is 0.263 e. The van der Waals surface area contributed by atoms with Crippen molar-refractivity contribution in [3.63, 3.8) is 0 Å². The van der Waals surface area contributed by atoms with Gasteiger partial charge in [0.15, 0.2) is 0 Å². The Morgan fingerprint density at radius 2 is 1.34 bits per heavy atom. The Morgan fingerprint density at radius 1 is 0.793 bits per heavy atom. The topological polar surface area (TPSA) is 57.7 Å². The molecule has 0 unspecified atom stereocenters. The van der Waals surface area contributed by atoms with Crippen molar-refractivity contribution in [1.29, 1.82) is 0 Å². The monoisotopic (exact) mass is 448 g/mol. The summed E-state index contributed by atoms with van der Waals surface area (Å²) in [7, 11) is 0. The lowest BCUT2D eigenvalue weighted by Crippen LogP contribution is -2.45. The Hall–Kier alpha value is -3.25. The van der Waals surface area contributed by atoms with Crippen LogP contribution in [0.2, 0.25) is 0 Å². The lowest BCUT2D eigenvalue weighted by Gasteiger charge is -2.27. The second-order valence-electron chi connectivity index (χ2n) is 6.69. The zero-order chi connectivity index (χ0) is 20.4. The molecule has 1 aliphatic rings. The third-order valence-corrected chi connectivity index (χ3v) is 5.33. The normalized spacial score (nSPS) is 12.8. The van der Waals surface area contributed by atoms with Gasteiger partial charge in [0.05, 0.1) is 17.5 Å². The number of carbonyl (C=O) groups excluding carboxylic acids is 3. The molecule has 4 rings (SSSR count). The Morgan fingerprint density at radius 3 is 1.93 bits per heavy atom. The van der Waals surface area contributed by atoms with E-state index in [9.17, 15) is 14.4 Å². The molecule has 5 nitrogen and oxygen atoms in total. The van der Waals surface area contributed by atoms with Gasteiger partial charge in [-0.2, -0.15) is 0 Å². The highest BCUT2D eigenvalue weighted by atomic mass is 79.9. The molecule has 3 aromatic rings. The van der Waals surface area contributed by atoms with Crippen LogP contribution >= 0.6 is 15.9 Å². The lowest BCUT2D eigenvalue weighted by atomic mass is 10.1. The van der Waals surface area contributed by atoms with Crippen LogP contribution in [0, 0.1) is 0 Å². The van der Waals surface area contributed by atoms with Crippen LogP contribution in [0.5, 0.6) is 0 Å². The first-order valence-electron chi connectivity index (χ1n) is 9.09. The molecule has 0 radical (unpaired) electrons. The van der Waals surface area contributed by atoms with Crippen molar-refractivity contribution < 1.29 is 14.4 Å². The first-order valence-corrected chi connectivity index (χ1v) is 9.89. The number of fused-ring (bicyclic) bond motifs is 1. The van der Waals surface area contributed by atoms with Gasteiger partial charge in [-0.05, 0) is 42.0 Å². The first-order chi connectivity index (χ1) is 14.0. The molecule has 1 aliphatic heterocycles. The number of imide groups is 1. The minimum atomic E-state index is -0.389. The van der Waals surface area contributed by atoms with Crippen molar-refractivity contribution in [2.75, 3.05) is 11.6 Å². The molecule has 6 heteroatoms. The van der Waals surface area contributed by atoms with E-state index >= 15 is 0 Å². The highest BCUT2D eigenvalue weighted by Gasteiger charge is 2.37. The number of hydrogen-bond acceptors (Lipinski definition) is 3. The van der Waals surface area contributed by atoms with Gasteiger partial charge in [-0.15, -0.1) is 0 Å². The molecule has 0 N–H and O–H groups in total. The van der Waals surface area contributed by atoms with E-state index in [2.05, 4.69) is 15.9 Å². The summed E-state index contributed by atoms with van der Waals surface area (Å²) in [5.41, 5.74) is 2.21. The largest absolute Gasteiger partial charge is 0.293 e. The van der Waals surface area contributed by atoms with Crippen LogP contribution in [-0.4, -0.2) is 29.3 Å². The van der Waals surface area contributed by atoms with E-state index in [-0.39, 0.29) is 30.8 Å². The third-order valence-electron chi connectivity index (χ3n) is 4.80. The summed E-state index contributed by atoms with van der Waals surface area (Å²) in [5, 5.41) is 0. The average molecular weight is 449 g/mol. The molecule has 0 bridgehead atoms. The van der Waals surface area contributed by atoms with Crippen molar-refractivity contribution in [3.05, 3.63) is 100 Å². The number of nitrogens with zero attached hydrogens (tertiary/aromatic N) is 2. The van der Waals surface area contributed by atoms with E-state index in [1.165, 1.54) is 4.90 Å². The smallest absolute Gasteiger partial charge is 0.263 e. The van der Waals surface area contributed by atoms with E-state index in [0.29, 0.717) is 16.8 Å². The van der Waals surface area contributed by atoms with Crippen LogP contribution in [0.3, 0.4) is 0 Å². The number of anilines is 1. The molecule has 0 aliphatic carbocycles. The molecule has 0 saturated carbocycles. The zero-order valence-corrected chi connectivity index (χ0v) is 17.0. The average Bonchev–Trinajstić information content (AvgIpc) is 2.98. The van der Waals surface area contributed by atoms with Gasteiger partial charge >= 0.3 is 0 Å². The summed E-state index contributed by atoms with van der Waals surface area (Å²) < 4.78 is 0.873. The maximum absolute atomic E-state index is 13.1. The van der Waals surface area contributed by atoms with Crippen molar-refractivity contribution in [2.45, 2.75) is 6.42 Å². The number of halogens is 1. The van der Waals surface area contributed by atoms with Crippen LogP contribution in [0.4, 0.5) is 5.69 Å². The Kier molecular flexibility index (Phi) is 5.27. The summed E-state index contributed by atoms with van der Waals surface area (Å²) in [6.45, 7) is -0.139. The van der Waals surface area contributed by atoms with E-state index in [1.54, 1.807) is 36.4 Å². The Bertz CT molecular complexity index is 1050. The van der Waals surface area contributed by atoms with Gasteiger partial charge in [0.25, 0.3) is 11.8 Å². The number of carbonyl (C=O) groups is 3. The van der Waals surface area contributed by atoms with Gasteiger partial charge in [-0.1, -0.05) is 58.4 Å². The standard InChI is InChI=1S/C23H17BrN2O3/c24-17-10-12-18(13-11-17)25(21(27)14-16-6-2-1-3-7-16)15-26-22(28)19-8-4-5-9-20(19)23(26)29/h1-13H,14-15H2. The van der Waals surface area contributed by atoms with Crippen LogP contribution in [0.15, 0.2) is 83.3 Å². The molecule has 0 fully saturated rings. The van der Waals surface area contributed by atoms with Crippen molar-refractivity contribution in [3.8, 4) is 0 Å². The van der Waals surface area contributed by atoms with Crippen LogP contribution in [0.1, 0.15) is 26.3 Å². The Balaban J connectivity index is 1.64. The summed E-state index contributed by atoms with van der Waals surface area (Å²) in [6, 6.07) is 23.3. The van der Waals surface area contributed by atoms with E-state index in [4.69, 9.17) is 0 Å². The summed E-state index contributed by atoms with van der Waals surface area (Å²) in [5.74, 6) is -0.976. The zero-order valence-electron chi connectivity index (χ0n) is 15.4. The second-order valence-corrected chi connectivity index (χ2v) is 7.60. The van der Waals surface area contributed by atoms with Gasteiger partial charge in [-0.25, -0.2) is 0 Å². The Labute approximate surface area is 176 Å². The van der Waals surface area contributed by atoms with Crippen LogP contribution in [0.25, 0.3) is 0 Å². The van der Waals surface area contributed by atoms with Crippen molar-refractivity contribution >= 4 is 39.3 Å². The highest BCUT2D eigenvalue weighted by molar-refractivity contribution is 9.10. The minimum absolute atomic E-state index is 0.139.